The largest absolute Gasteiger partial charge is 0.326 e. The fourth-order valence-corrected chi connectivity index (χ4v) is 3.10. The third-order valence-corrected chi connectivity index (χ3v) is 4.53. The van der Waals surface area contributed by atoms with Crippen molar-refractivity contribution >= 4 is 23.4 Å². The van der Waals surface area contributed by atoms with Crippen LogP contribution >= 0.6 is 0 Å². The first kappa shape index (κ1) is 17.9. The lowest BCUT2D eigenvalue weighted by Gasteiger charge is -2.13. The molecule has 5 nitrogen and oxygen atoms in total. The molecular weight excluding hydrogens is 328 g/mol. The van der Waals surface area contributed by atoms with Crippen LogP contribution in [0.15, 0.2) is 42.5 Å². The van der Waals surface area contributed by atoms with Gasteiger partial charge < -0.3 is 5.32 Å². The molecule has 0 fully saturated rings. The number of imide groups is 1. The standard InChI is InChI=1S/C21H22N2O3/c1-3-15-6-4-7-16(13-15)22-19(24)8-5-11-23-20(25)17-10-9-14(2)12-18(17)21(23)26/h4,6-7,9-10,12-13H,3,5,8,11H2,1-2H3,(H,22,24). The summed E-state index contributed by atoms with van der Waals surface area (Å²) in [4.78, 5) is 38.1. The van der Waals surface area contributed by atoms with Gasteiger partial charge in [0, 0.05) is 18.7 Å². The van der Waals surface area contributed by atoms with Crippen LogP contribution in [0, 0.1) is 6.92 Å². The zero-order valence-electron chi connectivity index (χ0n) is 15.0. The summed E-state index contributed by atoms with van der Waals surface area (Å²) in [6.45, 7) is 4.19. The lowest BCUT2D eigenvalue weighted by atomic mass is 10.1. The van der Waals surface area contributed by atoms with Crippen molar-refractivity contribution in [1.29, 1.82) is 0 Å². The molecule has 26 heavy (non-hydrogen) atoms. The number of nitrogens with zero attached hydrogens (tertiary/aromatic N) is 1. The molecule has 0 atom stereocenters. The van der Waals surface area contributed by atoms with Crippen LogP contribution in [0.25, 0.3) is 0 Å². The summed E-state index contributed by atoms with van der Waals surface area (Å²) >= 11 is 0. The summed E-state index contributed by atoms with van der Waals surface area (Å²) in [5.41, 5.74) is 3.77. The lowest BCUT2D eigenvalue weighted by Crippen LogP contribution is -2.31. The summed E-state index contributed by atoms with van der Waals surface area (Å²) in [6, 6.07) is 13.0. The van der Waals surface area contributed by atoms with Crippen molar-refractivity contribution < 1.29 is 14.4 Å². The second-order valence-electron chi connectivity index (χ2n) is 6.52. The maximum absolute atomic E-state index is 12.4. The van der Waals surface area contributed by atoms with Gasteiger partial charge in [0.05, 0.1) is 11.1 Å². The fourth-order valence-electron chi connectivity index (χ4n) is 3.10. The Kier molecular flexibility index (Phi) is 5.16. The van der Waals surface area contributed by atoms with E-state index in [-0.39, 0.29) is 30.7 Å². The maximum Gasteiger partial charge on any atom is 0.261 e. The molecule has 2 aromatic rings. The fraction of sp³-hybridized carbons (Fsp3) is 0.286. The van der Waals surface area contributed by atoms with E-state index in [4.69, 9.17) is 0 Å². The van der Waals surface area contributed by atoms with Gasteiger partial charge in [-0.1, -0.05) is 30.7 Å². The number of nitrogens with one attached hydrogen (secondary N) is 1. The zero-order valence-corrected chi connectivity index (χ0v) is 15.0. The molecule has 0 saturated carbocycles. The molecule has 0 spiro atoms. The van der Waals surface area contributed by atoms with E-state index < -0.39 is 0 Å². The van der Waals surface area contributed by atoms with Gasteiger partial charge in [0.1, 0.15) is 0 Å². The number of rotatable bonds is 6. The minimum absolute atomic E-state index is 0.120. The first-order valence-corrected chi connectivity index (χ1v) is 8.85. The van der Waals surface area contributed by atoms with E-state index >= 15 is 0 Å². The summed E-state index contributed by atoms with van der Waals surface area (Å²) in [5.74, 6) is -0.670. The van der Waals surface area contributed by atoms with Gasteiger partial charge >= 0.3 is 0 Å². The quantitative estimate of drug-likeness (QED) is 0.810. The monoisotopic (exact) mass is 350 g/mol. The number of hydrogen-bond acceptors (Lipinski definition) is 3. The number of amides is 3. The first-order chi connectivity index (χ1) is 12.5. The summed E-state index contributed by atoms with van der Waals surface area (Å²) in [7, 11) is 0. The number of aryl methyl sites for hydroxylation is 2. The molecule has 1 heterocycles. The molecule has 0 bridgehead atoms. The van der Waals surface area contributed by atoms with Crippen LogP contribution < -0.4 is 5.32 Å². The predicted octanol–water partition coefficient (Wildman–Crippen LogP) is 3.57. The van der Waals surface area contributed by atoms with E-state index in [0.29, 0.717) is 17.5 Å². The second kappa shape index (κ2) is 7.52. The molecular formula is C21H22N2O3. The number of hydrogen-bond donors (Lipinski definition) is 1. The minimum atomic E-state index is -0.277. The van der Waals surface area contributed by atoms with Crippen molar-refractivity contribution in [3.63, 3.8) is 0 Å². The van der Waals surface area contributed by atoms with Crippen molar-refractivity contribution in [2.24, 2.45) is 0 Å². The van der Waals surface area contributed by atoms with Crippen LogP contribution in [-0.4, -0.2) is 29.2 Å². The molecule has 0 aliphatic carbocycles. The summed E-state index contributed by atoms with van der Waals surface area (Å²) in [6.07, 6.45) is 1.59. The number of carbonyl (C=O) groups excluding carboxylic acids is 3. The van der Waals surface area contributed by atoms with Gasteiger partial charge in [0.15, 0.2) is 0 Å². The molecule has 1 aliphatic rings. The van der Waals surface area contributed by atoms with Crippen molar-refractivity contribution in [3.8, 4) is 0 Å². The molecule has 0 aromatic heterocycles. The van der Waals surface area contributed by atoms with E-state index in [1.54, 1.807) is 12.1 Å². The van der Waals surface area contributed by atoms with Crippen LogP contribution in [0.3, 0.4) is 0 Å². The zero-order chi connectivity index (χ0) is 18.7. The Bertz CT molecular complexity index is 873. The van der Waals surface area contributed by atoms with E-state index in [9.17, 15) is 14.4 Å². The Morgan fingerprint density at radius 1 is 1.04 bits per heavy atom. The van der Waals surface area contributed by atoms with Crippen molar-refractivity contribution in [1.82, 2.24) is 4.90 Å². The van der Waals surface area contributed by atoms with Gasteiger partial charge in [-0.3, -0.25) is 19.3 Å². The normalized spacial score (nSPS) is 13.1. The SMILES string of the molecule is CCc1cccc(NC(=O)CCCN2C(=O)c3ccc(C)cc3C2=O)c1. The smallest absolute Gasteiger partial charge is 0.261 e. The van der Waals surface area contributed by atoms with E-state index in [1.165, 1.54) is 4.90 Å². The van der Waals surface area contributed by atoms with Gasteiger partial charge in [-0.25, -0.2) is 0 Å². The molecule has 0 radical (unpaired) electrons. The van der Waals surface area contributed by atoms with Crippen molar-refractivity contribution in [2.75, 3.05) is 11.9 Å². The Hall–Kier alpha value is -2.95. The second-order valence-corrected chi connectivity index (χ2v) is 6.52. The summed E-state index contributed by atoms with van der Waals surface area (Å²) < 4.78 is 0. The molecule has 1 aliphatic heterocycles. The lowest BCUT2D eigenvalue weighted by molar-refractivity contribution is -0.116. The highest BCUT2D eigenvalue weighted by molar-refractivity contribution is 6.21. The van der Waals surface area contributed by atoms with E-state index in [0.717, 1.165) is 23.2 Å². The van der Waals surface area contributed by atoms with Crippen LogP contribution in [0.4, 0.5) is 5.69 Å². The van der Waals surface area contributed by atoms with Crippen molar-refractivity contribution in [3.05, 3.63) is 64.7 Å². The highest BCUT2D eigenvalue weighted by Gasteiger charge is 2.34. The van der Waals surface area contributed by atoms with Gasteiger partial charge in [-0.2, -0.15) is 0 Å². The van der Waals surface area contributed by atoms with Gasteiger partial charge in [-0.15, -0.1) is 0 Å². The number of benzene rings is 2. The molecule has 5 heteroatoms. The molecule has 0 unspecified atom stereocenters. The van der Waals surface area contributed by atoms with Crippen LogP contribution in [0.1, 0.15) is 51.6 Å². The van der Waals surface area contributed by atoms with Gasteiger partial charge in [0.2, 0.25) is 5.91 Å². The van der Waals surface area contributed by atoms with Gasteiger partial charge in [-0.05, 0) is 49.6 Å². The van der Waals surface area contributed by atoms with Crippen LogP contribution in [0.5, 0.6) is 0 Å². The van der Waals surface area contributed by atoms with Crippen LogP contribution in [0.2, 0.25) is 0 Å². The maximum atomic E-state index is 12.4. The average molecular weight is 350 g/mol. The third kappa shape index (κ3) is 3.67. The first-order valence-electron chi connectivity index (χ1n) is 8.85. The molecule has 2 aromatic carbocycles. The predicted molar refractivity (Wildman–Crippen MR) is 100 cm³/mol. The topological polar surface area (TPSA) is 66.5 Å². The Morgan fingerprint density at radius 2 is 1.81 bits per heavy atom. The minimum Gasteiger partial charge on any atom is -0.326 e. The molecule has 134 valence electrons. The van der Waals surface area contributed by atoms with E-state index in [2.05, 4.69) is 12.2 Å². The number of carbonyl (C=O) groups is 3. The molecule has 3 rings (SSSR count). The Morgan fingerprint density at radius 3 is 2.58 bits per heavy atom. The molecule has 0 saturated heterocycles. The molecule has 3 amide bonds. The van der Waals surface area contributed by atoms with Gasteiger partial charge in [0.25, 0.3) is 11.8 Å². The third-order valence-electron chi connectivity index (χ3n) is 4.53. The highest BCUT2D eigenvalue weighted by Crippen LogP contribution is 2.24. The Balaban J connectivity index is 1.54. The van der Waals surface area contributed by atoms with Crippen molar-refractivity contribution in [2.45, 2.75) is 33.1 Å². The highest BCUT2D eigenvalue weighted by atomic mass is 16.2. The Labute approximate surface area is 153 Å². The van der Waals surface area contributed by atoms with Crippen LogP contribution in [-0.2, 0) is 11.2 Å². The average Bonchev–Trinajstić information content (AvgIpc) is 2.86. The summed E-state index contributed by atoms with van der Waals surface area (Å²) in [5, 5.41) is 2.86. The van der Waals surface area contributed by atoms with E-state index in [1.807, 2.05) is 37.3 Å². The number of anilines is 1. The number of fused-ring (bicyclic) bond motifs is 1. The molecule has 1 N–H and O–H groups in total.